The summed E-state index contributed by atoms with van der Waals surface area (Å²) < 4.78 is 0. The first-order valence-electron chi connectivity index (χ1n) is 6.24. The zero-order chi connectivity index (χ0) is 13.5. The molecule has 1 amide bonds. The van der Waals surface area contributed by atoms with Gasteiger partial charge in [-0.25, -0.2) is 0 Å². The van der Waals surface area contributed by atoms with E-state index >= 15 is 0 Å². The number of aryl methyl sites for hydroxylation is 1. The van der Waals surface area contributed by atoms with Gasteiger partial charge in [0, 0.05) is 36.7 Å². The normalized spacial score (nSPS) is 9.95. The predicted octanol–water partition coefficient (Wildman–Crippen LogP) is 2.23. The van der Waals surface area contributed by atoms with Crippen molar-refractivity contribution < 1.29 is 4.79 Å². The smallest absolute Gasteiger partial charge is 0.251 e. The van der Waals surface area contributed by atoms with Crippen LogP contribution in [0, 0.1) is 6.92 Å². The summed E-state index contributed by atoms with van der Waals surface area (Å²) in [6, 6.07) is 11.3. The van der Waals surface area contributed by atoms with Gasteiger partial charge >= 0.3 is 0 Å². The number of amides is 1. The van der Waals surface area contributed by atoms with E-state index in [1.807, 2.05) is 43.3 Å². The number of carbonyl (C=O) groups is 1. The maximum absolute atomic E-state index is 11.8. The van der Waals surface area contributed by atoms with Crippen LogP contribution in [0.3, 0.4) is 0 Å². The van der Waals surface area contributed by atoms with Crippen molar-refractivity contribution in [3.05, 3.63) is 59.9 Å². The molecule has 0 spiro atoms. The highest BCUT2D eigenvalue weighted by atomic mass is 16.1. The van der Waals surface area contributed by atoms with E-state index in [0.717, 1.165) is 11.3 Å². The van der Waals surface area contributed by atoms with Crippen molar-refractivity contribution in [2.45, 2.75) is 6.92 Å². The Balaban J connectivity index is 1.74. The first-order chi connectivity index (χ1) is 9.25. The number of nitrogens with zero attached hydrogens (tertiary/aromatic N) is 1. The predicted molar refractivity (Wildman–Crippen MR) is 76.2 cm³/mol. The van der Waals surface area contributed by atoms with Crippen molar-refractivity contribution in [1.29, 1.82) is 0 Å². The van der Waals surface area contributed by atoms with E-state index in [1.54, 1.807) is 12.4 Å². The number of pyridine rings is 1. The number of anilines is 1. The molecule has 1 aromatic heterocycles. The van der Waals surface area contributed by atoms with Crippen molar-refractivity contribution in [1.82, 2.24) is 10.3 Å². The van der Waals surface area contributed by atoms with Gasteiger partial charge in [-0.15, -0.1) is 0 Å². The van der Waals surface area contributed by atoms with Gasteiger partial charge in [-0.3, -0.25) is 9.78 Å². The van der Waals surface area contributed by atoms with Crippen LogP contribution >= 0.6 is 0 Å². The number of hydrogen-bond donors (Lipinski definition) is 2. The van der Waals surface area contributed by atoms with Crippen LogP contribution < -0.4 is 10.6 Å². The fraction of sp³-hybridized carbons (Fsp3) is 0.200. The summed E-state index contributed by atoms with van der Waals surface area (Å²) in [5, 5.41) is 6.08. The highest BCUT2D eigenvalue weighted by molar-refractivity contribution is 5.94. The highest BCUT2D eigenvalue weighted by Crippen LogP contribution is 2.03. The van der Waals surface area contributed by atoms with Gasteiger partial charge in [0.1, 0.15) is 0 Å². The maximum atomic E-state index is 11.8. The monoisotopic (exact) mass is 255 g/mol. The molecule has 2 aromatic rings. The number of benzene rings is 1. The lowest BCUT2D eigenvalue weighted by Crippen LogP contribution is -2.28. The summed E-state index contributed by atoms with van der Waals surface area (Å²) in [5.74, 6) is -0.0449. The second kappa shape index (κ2) is 6.54. The lowest BCUT2D eigenvalue weighted by atomic mass is 10.1. The molecular formula is C15H17N3O. The zero-order valence-electron chi connectivity index (χ0n) is 10.9. The van der Waals surface area contributed by atoms with Crippen LogP contribution in [-0.4, -0.2) is 24.0 Å². The Bertz CT molecular complexity index is 523. The van der Waals surface area contributed by atoms with Gasteiger partial charge in [-0.2, -0.15) is 0 Å². The molecule has 2 rings (SSSR count). The van der Waals surface area contributed by atoms with Crippen LogP contribution in [0.4, 0.5) is 5.69 Å². The molecule has 98 valence electrons. The first kappa shape index (κ1) is 13.1. The maximum Gasteiger partial charge on any atom is 0.251 e. The van der Waals surface area contributed by atoms with E-state index in [4.69, 9.17) is 0 Å². The lowest BCUT2D eigenvalue weighted by Gasteiger charge is -2.07. The van der Waals surface area contributed by atoms with Crippen LogP contribution in [0.25, 0.3) is 0 Å². The number of carbonyl (C=O) groups excluding carboxylic acids is 1. The third-order valence-electron chi connectivity index (χ3n) is 2.73. The number of rotatable bonds is 5. The largest absolute Gasteiger partial charge is 0.383 e. The van der Waals surface area contributed by atoms with Crippen molar-refractivity contribution in [3.63, 3.8) is 0 Å². The molecule has 0 saturated carbocycles. The average Bonchev–Trinajstić information content (AvgIpc) is 2.45. The molecule has 0 bridgehead atoms. The highest BCUT2D eigenvalue weighted by Gasteiger charge is 2.03. The Morgan fingerprint density at radius 3 is 2.42 bits per heavy atom. The van der Waals surface area contributed by atoms with Crippen LogP contribution in [0.15, 0.2) is 48.8 Å². The van der Waals surface area contributed by atoms with Crippen molar-refractivity contribution >= 4 is 11.6 Å². The van der Waals surface area contributed by atoms with Gasteiger partial charge < -0.3 is 10.6 Å². The molecule has 0 saturated heterocycles. The van der Waals surface area contributed by atoms with Crippen LogP contribution in [-0.2, 0) is 0 Å². The molecule has 0 aliphatic carbocycles. The van der Waals surface area contributed by atoms with Gasteiger partial charge in [-0.05, 0) is 31.2 Å². The van der Waals surface area contributed by atoms with Gasteiger partial charge in [0.15, 0.2) is 0 Å². The molecule has 0 aliphatic rings. The summed E-state index contributed by atoms with van der Waals surface area (Å²) in [7, 11) is 0. The molecule has 19 heavy (non-hydrogen) atoms. The zero-order valence-corrected chi connectivity index (χ0v) is 10.9. The summed E-state index contributed by atoms with van der Waals surface area (Å²) in [6.45, 7) is 3.26. The molecule has 1 heterocycles. The topological polar surface area (TPSA) is 54.0 Å². The molecule has 0 atom stereocenters. The Hall–Kier alpha value is -2.36. The molecule has 4 heteroatoms. The lowest BCUT2D eigenvalue weighted by molar-refractivity contribution is 0.0955. The molecular weight excluding hydrogens is 238 g/mol. The Kier molecular flexibility index (Phi) is 4.50. The van der Waals surface area contributed by atoms with Crippen molar-refractivity contribution in [2.24, 2.45) is 0 Å². The Morgan fingerprint density at radius 2 is 1.74 bits per heavy atom. The summed E-state index contributed by atoms with van der Waals surface area (Å²) in [4.78, 5) is 15.8. The molecule has 4 nitrogen and oxygen atoms in total. The first-order valence-corrected chi connectivity index (χ1v) is 6.24. The van der Waals surface area contributed by atoms with Gasteiger partial charge in [-0.1, -0.05) is 17.7 Å². The van der Waals surface area contributed by atoms with E-state index in [-0.39, 0.29) is 5.91 Å². The van der Waals surface area contributed by atoms with E-state index < -0.39 is 0 Å². The Morgan fingerprint density at radius 1 is 1.05 bits per heavy atom. The van der Waals surface area contributed by atoms with Crippen LogP contribution in [0.2, 0.25) is 0 Å². The number of hydrogen-bond acceptors (Lipinski definition) is 3. The number of aromatic nitrogens is 1. The van der Waals surface area contributed by atoms with Gasteiger partial charge in [0.25, 0.3) is 5.91 Å². The second-order valence-corrected chi connectivity index (χ2v) is 4.28. The van der Waals surface area contributed by atoms with Gasteiger partial charge in [0.05, 0.1) is 0 Å². The third-order valence-corrected chi connectivity index (χ3v) is 2.73. The molecule has 0 radical (unpaired) electrons. The summed E-state index contributed by atoms with van der Waals surface area (Å²) >= 11 is 0. The minimum absolute atomic E-state index is 0.0449. The van der Waals surface area contributed by atoms with Crippen LogP contribution in [0.1, 0.15) is 15.9 Å². The average molecular weight is 255 g/mol. The van der Waals surface area contributed by atoms with E-state index in [0.29, 0.717) is 18.7 Å². The fourth-order valence-corrected chi connectivity index (χ4v) is 1.66. The molecule has 0 aliphatic heterocycles. The second-order valence-electron chi connectivity index (χ2n) is 4.28. The van der Waals surface area contributed by atoms with E-state index in [1.165, 1.54) is 0 Å². The quantitative estimate of drug-likeness (QED) is 0.806. The summed E-state index contributed by atoms with van der Waals surface area (Å²) in [5.41, 5.74) is 2.84. The van der Waals surface area contributed by atoms with Gasteiger partial charge in [0.2, 0.25) is 0 Å². The standard InChI is InChI=1S/C15H17N3O/c1-12-2-4-13(5-3-12)15(19)18-11-10-17-14-6-8-16-9-7-14/h2-9H,10-11H2,1H3,(H,16,17)(H,18,19). The van der Waals surface area contributed by atoms with Crippen molar-refractivity contribution in [3.8, 4) is 0 Å². The SMILES string of the molecule is Cc1ccc(C(=O)NCCNc2ccncc2)cc1. The third kappa shape index (κ3) is 4.10. The minimum Gasteiger partial charge on any atom is -0.383 e. The summed E-state index contributed by atoms with van der Waals surface area (Å²) in [6.07, 6.45) is 3.46. The van der Waals surface area contributed by atoms with E-state index in [2.05, 4.69) is 15.6 Å². The molecule has 1 aromatic carbocycles. The van der Waals surface area contributed by atoms with E-state index in [9.17, 15) is 4.79 Å². The van der Waals surface area contributed by atoms with Crippen LogP contribution in [0.5, 0.6) is 0 Å². The molecule has 0 unspecified atom stereocenters. The fourth-order valence-electron chi connectivity index (χ4n) is 1.66. The molecule has 0 fully saturated rings. The molecule has 2 N–H and O–H groups in total. The number of nitrogens with one attached hydrogen (secondary N) is 2. The van der Waals surface area contributed by atoms with Crippen molar-refractivity contribution in [2.75, 3.05) is 18.4 Å². The minimum atomic E-state index is -0.0449. The Labute approximate surface area is 112 Å².